The average molecular weight is 424 g/mol. The number of nitrogens with one attached hydrogen (secondary N) is 1. The monoisotopic (exact) mass is 423 g/mol. The van der Waals surface area contributed by atoms with E-state index in [1.54, 1.807) is 11.3 Å². The summed E-state index contributed by atoms with van der Waals surface area (Å²) in [5.74, 6) is -0.330. The van der Waals surface area contributed by atoms with E-state index in [0.717, 1.165) is 33.3 Å². The molecular weight excluding hydrogens is 402 g/mol. The van der Waals surface area contributed by atoms with Gasteiger partial charge >= 0.3 is 5.97 Å². The van der Waals surface area contributed by atoms with Crippen LogP contribution in [0, 0.1) is 0 Å². The van der Waals surface area contributed by atoms with Gasteiger partial charge in [-0.25, -0.2) is 0 Å². The minimum atomic E-state index is -0.276. The third-order valence-corrected chi connectivity index (χ3v) is 6.20. The molecule has 1 aromatic heterocycles. The van der Waals surface area contributed by atoms with Gasteiger partial charge in [-0.05, 0) is 52.0 Å². The third-order valence-electron chi connectivity index (χ3n) is 4.12. The van der Waals surface area contributed by atoms with Gasteiger partial charge in [0, 0.05) is 26.3 Å². The highest BCUT2D eigenvalue weighted by Gasteiger charge is 2.16. The number of ether oxygens (including phenoxy) is 1. The summed E-state index contributed by atoms with van der Waals surface area (Å²) in [6, 6.07) is 7.68. The Morgan fingerprint density at radius 2 is 1.84 bits per heavy atom. The molecule has 6 heteroatoms. The number of hydrogen-bond acceptors (Lipinski definition) is 4. The Hall–Kier alpha value is -1.66. The number of carbonyl (C=O) groups is 2. The van der Waals surface area contributed by atoms with Gasteiger partial charge in [0.2, 0.25) is 0 Å². The summed E-state index contributed by atoms with van der Waals surface area (Å²) in [6.07, 6.45) is 2.05. The molecular formula is C19H22BrNO3S. The molecule has 0 aliphatic heterocycles. The zero-order valence-electron chi connectivity index (χ0n) is 14.6. The molecule has 0 aliphatic rings. The predicted octanol–water partition coefficient (Wildman–Crippen LogP) is 4.81. The number of methoxy groups -OCH3 is 1. The van der Waals surface area contributed by atoms with E-state index in [2.05, 4.69) is 35.1 Å². The van der Waals surface area contributed by atoms with Gasteiger partial charge in [0.1, 0.15) is 0 Å². The van der Waals surface area contributed by atoms with E-state index >= 15 is 0 Å². The first-order chi connectivity index (χ1) is 12.0. The van der Waals surface area contributed by atoms with Crippen LogP contribution in [0.15, 0.2) is 34.1 Å². The highest BCUT2D eigenvalue weighted by atomic mass is 79.9. The second-order valence-electron chi connectivity index (χ2n) is 5.71. The Bertz CT molecular complexity index is 736. The third kappa shape index (κ3) is 4.92. The van der Waals surface area contributed by atoms with Crippen molar-refractivity contribution in [3.63, 3.8) is 0 Å². The van der Waals surface area contributed by atoms with Crippen molar-refractivity contribution in [1.29, 1.82) is 0 Å². The van der Waals surface area contributed by atoms with Crippen molar-refractivity contribution >= 4 is 39.1 Å². The van der Waals surface area contributed by atoms with Gasteiger partial charge in [-0.3, -0.25) is 9.59 Å². The van der Waals surface area contributed by atoms with Crippen LogP contribution in [0.1, 0.15) is 42.6 Å². The van der Waals surface area contributed by atoms with Gasteiger partial charge < -0.3 is 10.1 Å². The molecule has 1 amide bonds. The number of hydrogen-bond donors (Lipinski definition) is 1. The van der Waals surface area contributed by atoms with Gasteiger partial charge in [-0.15, -0.1) is 11.3 Å². The maximum absolute atomic E-state index is 12.3. The molecule has 0 saturated heterocycles. The number of esters is 1. The van der Waals surface area contributed by atoms with Crippen LogP contribution >= 0.6 is 27.3 Å². The summed E-state index contributed by atoms with van der Waals surface area (Å²) >= 11 is 5.05. The fourth-order valence-electron chi connectivity index (χ4n) is 2.52. The number of rotatable bonds is 7. The first-order valence-corrected chi connectivity index (χ1v) is 9.91. The quantitative estimate of drug-likeness (QED) is 0.649. The van der Waals surface area contributed by atoms with Crippen LogP contribution in [-0.2, 0) is 16.0 Å². The van der Waals surface area contributed by atoms with Gasteiger partial charge in [-0.2, -0.15) is 0 Å². The normalized spacial score (nSPS) is 10.8. The molecule has 1 heterocycles. The fraction of sp³-hybridized carbons (Fsp3) is 0.368. The maximum atomic E-state index is 12.3. The zero-order valence-corrected chi connectivity index (χ0v) is 17.0. The first-order valence-electron chi connectivity index (χ1n) is 8.24. The summed E-state index contributed by atoms with van der Waals surface area (Å²) < 4.78 is 5.67. The molecule has 0 unspecified atom stereocenters. The molecule has 134 valence electrons. The molecule has 1 aromatic carbocycles. The predicted molar refractivity (Wildman–Crippen MR) is 105 cm³/mol. The number of carbonyl (C=O) groups excluding carboxylic acids is 2. The van der Waals surface area contributed by atoms with Crippen molar-refractivity contribution in [3.8, 4) is 10.4 Å². The molecule has 0 aliphatic carbocycles. The Balaban J connectivity index is 2.20. The lowest BCUT2D eigenvalue weighted by atomic mass is 10.0. The lowest BCUT2D eigenvalue weighted by Crippen LogP contribution is -2.33. The molecule has 0 atom stereocenters. The van der Waals surface area contributed by atoms with E-state index in [-0.39, 0.29) is 24.3 Å². The van der Waals surface area contributed by atoms with Crippen LogP contribution in [-0.4, -0.2) is 25.0 Å². The lowest BCUT2D eigenvalue weighted by molar-refractivity contribution is -0.139. The van der Waals surface area contributed by atoms with E-state index in [1.165, 1.54) is 7.11 Å². The van der Waals surface area contributed by atoms with E-state index < -0.39 is 0 Å². The summed E-state index contributed by atoms with van der Waals surface area (Å²) in [5, 5.41) is 5.00. The molecule has 0 saturated carbocycles. The number of halogens is 1. The van der Waals surface area contributed by atoms with Crippen molar-refractivity contribution in [2.45, 2.75) is 39.2 Å². The molecule has 2 rings (SSSR count). The summed E-state index contributed by atoms with van der Waals surface area (Å²) in [7, 11) is 1.38. The molecule has 1 N–H and O–H groups in total. The number of benzene rings is 1. The lowest BCUT2D eigenvalue weighted by Gasteiger charge is -2.14. The Morgan fingerprint density at radius 3 is 2.40 bits per heavy atom. The maximum Gasteiger partial charge on any atom is 0.310 e. The molecule has 0 fully saturated rings. The van der Waals surface area contributed by atoms with Crippen LogP contribution in [0.4, 0.5) is 0 Å². The van der Waals surface area contributed by atoms with Crippen molar-refractivity contribution in [3.05, 3.63) is 45.2 Å². The Kier molecular flexibility index (Phi) is 7.20. The van der Waals surface area contributed by atoms with Crippen molar-refractivity contribution in [1.82, 2.24) is 5.32 Å². The van der Waals surface area contributed by atoms with E-state index in [1.807, 2.05) is 29.6 Å². The van der Waals surface area contributed by atoms with Crippen LogP contribution in [0.5, 0.6) is 0 Å². The minimum Gasteiger partial charge on any atom is -0.469 e. The summed E-state index contributed by atoms with van der Waals surface area (Å²) in [5.41, 5.74) is 2.53. The smallest absolute Gasteiger partial charge is 0.310 e. The summed E-state index contributed by atoms with van der Waals surface area (Å²) in [4.78, 5) is 24.9. The van der Waals surface area contributed by atoms with Gasteiger partial charge in [-0.1, -0.05) is 26.0 Å². The first kappa shape index (κ1) is 19.7. The van der Waals surface area contributed by atoms with E-state index in [0.29, 0.717) is 5.56 Å². The Labute approximate surface area is 160 Å². The van der Waals surface area contributed by atoms with Gasteiger partial charge in [0.05, 0.1) is 13.5 Å². The molecule has 0 spiro atoms. The highest BCUT2D eigenvalue weighted by Crippen LogP contribution is 2.36. The number of amides is 1. The van der Waals surface area contributed by atoms with Crippen LogP contribution in [0.3, 0.4) is 0 Å². The van der Waals surface area contributed by atoms with Crippen LogP contribution < -0.4 is 5.32 Å². The minimum absolute atomic E-state index is 0.0533. The molecule has 0 bridgehead atoms. The fourth-order valence-corrected chi connectivity index (χ4v) is 4.23. The zero-order chi connectivity index (χ0) is 18.4. The molecule has 2 aromatic rings. The van der Waals surface area contributed by atoms with E-state index in [9.17, 15) is 9.59 Å². The second-order valence-corrected chi connectivity index (χ2v) is 7.44. The standard InChI is InChI=1S/C19H22BrNO3S/c1-4-14(5-2)21-19(23)13-8-6-12(7-9-13)18-15(10-17(22)24-3)16(20)11-25-18/h6-9,11,14H,4-5,10H2,1-3H3,(H,21,23). The topological polar surface area (TPSA) is 55.4 Å². The highest BCUT2D eigenvalue weighted by molar-refractivity contribution is 9.10. The molecule has 25 heavy (non-hydrogen) atoms. The average Bonchev–Trinajstić information content (AvgIpc) is 3.00. The Morgan fingerprint density at radius 1 is 1.20 bits per heavy atom. The van der Waals surface area contributed by atoms with Gasteiger partial charge in [0.25, 0.3) is 5.91 Å². The number of thiophene rings is 1. The summed E-state index contributed by atoms with van der Waals surface area (Å²) in [6.45, 7) is 4.13. The molecule has 0 radical (unpaired) electrons. The van der Waals surface area contributed by atoms with Crippen molar-refractivity contribution in [2.24, 2.45) is 0 Å². The van der Waals surface area contributed by atoms with Crippen molar-refractivity contribution in [2.75, 3.05) is 7.11 Å². The van der Waals surface area contributed by atoms with Crippen molar-refractivity contribution < 1.29 is 14.3 Å². The molecule has 4 nitrogen and oxygen atoms in total. The SMILES string of the molecule is CCC(CC)NC(=O)c1ccc(-c2scc(Br)c2CC(=O)OC)cc1. The van der Waals surface area contributed by atoms with E-state index in [4.69, 9.17) is 4.74 Å². The van der Waals surface area contributed by atoms with Gasteiger partial charge in [0.15, 0.2) is 0 Å². The second kappa shape index (κ2) is 9.15. The van der Waals surface area contributed by atoms with Crippen LogP contribution in [0.25, 0.3) is 10.4 Å². The largest absolute Gasteiger partial charge is 0.469 e. The van der Waals surface area contributed by atoms with Crippen LogP contribution in [0.2, 0.25) is 0 Å².